The molecule has 7 aromatic carbocycles. The van der Waals surface area contributed by atoms with Gasteiger partial charge < -0.3 is 0 Å². The number of pyridine rings is 1. The van der Waals surface area contributed by atoms with Crippen LogP contribution in [0.1, 0.15) is 22.3 Å². The van der Waals surface area contributed by atoms with Crippen LogP contribution in [0.25, 0.3) is 54.8 Å². The number of fused-ring (bicyclic) bond motifs is 7. The summed E-state index contributed by atoms with van der Waals surface area (Å²) in [5.74, 6) is 0. The maximum absolute atomic E-state index is 5.32. The monoisotopic (exact) mass is 623 g/mol. The minimum atomic E-state index is -0.441. The Morgan fingerprint density at radius 2 is 1.11 bits per heavy atom. The van der Waals surface area contributed by atoms with E-state index in [0.717, 1.165) is 21.2 Å². The van der Waals surface area contributed by atoms with Crippen LogP contribution >= 0.6 is 15.9 Å². The lowest BCUT2D eigenvalue weighted by Crippen LogP contribution is -2.28. The zero-order chi connectivity index (χ0) is 29.3. The fourth-order valence-electron chi connectivity index (χ4n) is 7.47. The molecule has 0 atom stereocenters. The van der Waals surface area contributed by atoms with Crippen molar-refractivity contribution in [3.05, 3.63) is 184 Å². The van der Waals surface area contributed by atoms with E-state index in [2.05, 4.69) is 174 Å². The predicted molar refractivity (Wildman–Crippen MR) is 187 cm³/mol. The van der Waals surface area contributed by atoms with E-state index < -0.39 is 5.41 Å². The van der Waals surface area contributed by atoms with Crippen LogP contribution in [-0.2, 0) is 5.41 Å². The Kier molecular flexibility index (Phi) is 5.63. The lowest BCUT2D eigenvalue weighted by molar-refractivity contribution is 0.769. The van der Waals surface area contributed by atoms with Crippen LogP contribution in [0.5, 0.6) is 0 Å². The van der Waals surface area contributed by atoms with Crippen LogP contribution in [0.4, 0.5) is 0 Å². The Bertz CT molecular complexity index is 2350. The van der Waals surface area contributed by atoms with Gasteiger partial charge in [-0.25, -0.2) is 4.98 Å². The lowest BCUT2D eigenvalue weighted by Gasteiger charge is -2.34. The average Bonchev–Trinajstić information content (AvgIpc) is 3.38. The van der Waals surface area contributed by atoms with Gasteiger partial charge in [0.25, 0.3) is 0 Å². The molecule has 206 valence electrons. The summed E-state index contributed by atoms with van der Waals surface area (Å²) < 4.78 is 1.08. The third kappa shape index (κ3) is 3.61. The van der Waals surface area contributed by atoms with Gasteiger partial charge in [-0.1, -0.05) is 137 Å². The van der Waals surface area contributed by atoms with E-state index in [-0.39, 0.29) is 0 Å². The van der Waals surface area contributed by atoms with Crippen LogP contribution in [0.3, 0.4) is 0 Å². The number of halogens is 1. The maximum atomic E-state index is 5.32. The molecule has 1 nitrogen and oxygen atoms in total. The van der Waals surface area contributed by atoms with Crippen molar-refractivity contribution in [2.45, 2.75) is 5.41 Å². The number of aromatic nitrogens is 1. The third-order valence-corrected chi connectivity index (χ3v) is 9.85. The summed E-state index contributed by atoms with van der Waals surface area (Å²) in [4.78, 5) is 5.32. The van der Waals surface area contributed by atoms with E-state index in [4.69, 9.17) is 4.98 Å². The molecule has 44 heavy (non-hydrogen) atoms. The van der Waals surface area contributed by atoms with Gasteiger partial charge in [0.15, 0.2) is 0 Å². The number of para-hydroxylation sites is 1. The van der Waals surface area contributed by atoms with Crippen molar-refractivity contribution in [2.24, 2.45) is 0 Å². The van der Waals surface area contributed by atoms with Crippen molar-refractivity contribution in [1.29, 1.82) is 0 Å². The molecule has 0 aliphatic heterocycles. The highest BCUT2D eigenvalue weighted by Crippen LogP contribution is 2.57. The highest BCUT2D eigenvalue weighted by Gasteiger charge is 2.46. The molecule has 0 radical (unpaired) electrons. The zero-order valence-corrected chi connectivity index (χ0v) is 25.4. The minimum absolute atomic E-state index is 0.441. The number of hydrogen-bond acceptors (Lipinski definition) is 1. The van der Waals surface area contributed by atoms with Gasteiger partial charge in [-0.3, -0.25) is 0 Å². The fourth-order valence-corrected chi connectivity index (χ4v) is 7.85. The second kappa shape index (κ2) is 9.74. The quantitative estimate of drug-likeness (QED) is 0.178. The summed E-state index contributed by atoms with van der Waals surface area (Å²) in [5, 5.41) is 5.98. The first-order chi connectivity index (χ1) is 21.7. The van der Waals surface area contributed by atoms with E-state index in [0.29, 0.717) is 0 Å². The molecule has 1 heterocycles. The summed E-state index contributed by atoms with van der Waals surface area (Å²) in [7, 11) is 0. The molecule has 0 spiro atoms. The van der Waals surface area contributed by atoms with Crippen LogP contribution < -0.4 is 0 Å². The zero-order valence-electron chi connectivity index (χ0n) is 23.8. The SMILES string of the molecule is Brc1ccc2cc(-c3nc4ccccc4c4cc5c(cc34)-c3ccccc3C5(c3ccccc3)c3ccccc3)ccc2c1. The predicted octanol–water partition coefficient (Wildman–Crippen LogP) is 11.3. The molecule has 9 rings (SSSR count). The molecule has 0 unspecified atom stereocenters. The number of hydrogen-bond donors (Lipinski definition) is 0. The number of benzene rings is 7. The van der Waals surface area contributed by atoms with Crippen molar-refractivity contribution in [2.75, 3.05) is 0 Å². The van der Waals surface area contributed by atoms with Crippen molar-refractivity contribution < 1.29 is 0 Å². The first-order valence-corrected chi connectivity index (χ1v) is 15.8. The highest BCUT2D eigenvalue weighted by molar-refractivity contribution is 9.10. The molecule has 1 aliphatic carbocycles. The summed E-state index contributed by atoms with van der Waals surface area (Å²) in [6.07, 6.45) is 0. The first-order valence-electron chi connectivity index (χ1n) is 15.0. The van der Waals surface area contributed by atoms with Crippen LogP contribution in [-0.4, -0.2) is 4.98 Å². The number of rotatable bonds is 3. The summed E-state index contributed by atoms with van der Waals surface area (Å²) >= 11 is 3.63. The molecule has 0 bridgehead atoms. The van der Waals surface area contributed by atoms with E-state index in [1.165, 1.54) is 60.3 Å². The molecule has 0 saturated heterocycles. The van der Waals surface area contributed by atoms with Gasteiger partial charge in [-0.2, -0.15) is 0 Å². The maximum Gasteiger partial charge on any atom is 0.0788 e. The molecular weight excluding hydrogens is 598 g/mol. The Balaban J connectivity index is 1.43. The molecule has 0 fully saturated rings. The molecule has 2 heteroatoms. The molecule has 1 aliphatic rings. The second-order valence-electron chi connectivity index (χ2n) is 11.7. The number of nitrogens with zero attached hydrogens (tertiary/aromatic N) is 1. The Hall–Kier alpha value is -5.05. The van der Waals surface area contributed by atoms with Crippen molar-refractivity contribution in [3.8, 4) is 22.4 Å². The summed E-state index contributed by atoms with van der Waals surface area (Å²) in [5.41, 5.74) is 10.4. The Labute approximate surface area is 264 Å². The van der Waals surface area contributed by atoms with Gasteiger partial charge in [0.05, 0.1) is 16.6 Å². The average molecular weight is 625 g/mol. The molecule has 1 aromatic heterocycles. The van der Waals surface area contributed by atoms with Gasteiger partial charge in [0, 0.05) is 20.8 Å². The van der Waals surface area contributed by atoms with Gasteiger partial charge in [0.1, 0.15) is 0 Å². The normalized spacial score (nSPS) is 13.3. The van der Waals surface area contributed by atoms with E-state index in [9.17, 15) is 0 Å². The Morgan fingerprint density at radius 1 is 0.455 bits per heavy atom. The van der Waals surface area contributed by atoms with Gasteiger partial charge >= 0.3 is 0 Å². The smallest absolute Gasteiger partial charge is 0.0788 e. The Morgan fingerprint density at radius 3 is 1.91 bits per heavy atom. The van der Waals surface area contributed by atoms with Gasteiger partial charge in [0.2, 0.25) is 0 Å². The highest BCUT2D eigenvalue weighted by atomic mass is 79.9. The third-order valence-electron chi connectivity index (χ3n) is 9.35. The molecular formula is C42H26BrN. The fraction of sp³-hybridized carbons (Fsp3) is 0.0238. The standard InChI is InChI=1S/C42H26BrN/c43-32-22-21-27-23-29(20-19-28(27)24-32)41-37-25-36-33-15-7-9-17-38(33)42(30-11-3-1-4-12-30,31-13-5-2-6-14-31)39(36)26-35(37)34-16-8-10-18-40(34)44-41/h1-26H. The van der Waals surface area contributed by atoms with Gasteiger partial charge in [-0.05, 0) is 85.9 Å². The van der Waals surface area contributed by atoms with Crippen LogP contribution in [0.15, 0.2) is 162 Å². The van der Waals surface area contributed by atoms with E-state index in [1.54, 1.807) is 0 Å². The van der Waals surface area contributed by atoms with Gasteiger partial charge in [-0.15, -0.1) is 0 Å². The molecule has 0 N–H and O–H groups in total. The van der Waals surface area contributed by atoms with Crippen molar-refractivity contribution >= 4 is 48.4 Å². The largest absolute Gasteiger partial charge is 0.247 e. The van der Waals surface area contributed by atoms with Crippen LogP contribution in [0.2, 0.25) is 0 Å². The van der Waals surface area contributed by atoms with Crippen LogP contribution in [0, 0.1) is 0 Å². The van der Waals surface area contributed by atoms with Crippen molar-refractivity contribution in [3.63, 3.8) is 0 Å². The summed E-state index contributed by atoms with van der Waals surface area (Å²) in [6.45, 7) is 0. The summed E-state index contributed by atoms with van der Waals surface area (Å²) in [6, 6.07) is 57.6. The molecule has 0 amide bonds. The van der Waals surface area contributed by atoms with E-state index >= 15 is 0 Å². The lowest BCUT2D eigenvalue weighted by atomic mass is 9.67. The topological polar surface area (TPSA) is 12.9 Å². The second-order valence-corrected chi connectivity index (χ2v) is 12.6. The van der Waals surface area contributed by atoms with E-state index in [1.807, 2.05) is 0 Å². The van der Waals surface area contributed by atoms with Crippen molar-refractivity contribution in [1.82, 2.24) is 4.98 Å². The molecule has 0 saturated carbocycles. The molecule has 8 aromatic rings. The first kappa shape index (κ1) is 25.4. The minimum Gasteiger partial charge on any atom is -0.247 e.